The first-order valence-electron chi connectivity index (χ1n) is 3.96. The molecule has 0 atom stereocenters. The van der Waals surface area contributed by atoms with E-state index in [0.29, 0.717) is 0 Å². The minimum Gasteiger partial charge on any atom is -0.533 e. The molecule has 1 aromatic carbocycles. The SMILES string of the molecule is C=CO[B]Oc1ccccc1C(F)(F)F. The van der Waals surface area contributed by atoms with Gasteiger partial charge in [-0.15, -0.1) is 0 Å². The highest BCUT2D eigenvalue weighted by Gasteiger charge is 2.33. The van der Waals surface area contributed by atoms with Gasteiger partial charge in [0.1, 0.15) is 5.75 Å². The van der Waals surface area contributed by atoms with Gasteiger partial charge in [0, 0.05) is 0 Å². The standard InChI is InChI=1S/C9H7BF3O2/c1-2-14-10-15-8-6-4-3-5-7(8)9(11,12)13/h2-6H,1H2. The lowest BCUT2D eigenvalue weighted by molar-refractivity contribution is -0.138. The van der Waals surface area contributed by atoms with Crippen LogP contribution in [0.5, 0.6) is 5.75 Å². The number of hydrogen-bond donors (Lipinski definition) is 0. The summed E-state index contributed by atoms with van der Waals surface area (Å²) >= 11 is 0. The van der Waals surface area contributed by atoms with Gasteiger partial charge in [-0.3, -0.25) is 0 Å². The minimum absolute atomic E-state index is 0.313. The highest BCUT2D eigenvalue weighted by Crippen LogP contribution is 2.35. The molecule has 0 unspecified atom stereocenters. The number of rotatable bonds is 4. The van der Waals surface area contributed by atoms with E-state index in [2.05, 4.69) is 15.9 Å². The molecule has 0 spiro atoms. The molecule has 0 amide bonds. The zero-order valence-electron chi connectivity index (χ0n) is 7.62. The number of halogens is 3. The Kier molecular flexibility index (Phi) is 3.65. The van der Waals surface area contributed by atoms with Crippen molar-refractivity contribution in [3.63, 3.8) is 0 Å². The summed E-state index contributed by atoms with van der Waals surface area (Å²) in [5, 5.41) is 0. The summed E-state index contributed by atoms with van der Waals surface area (Å²) in [7, 11) is 0.775. The average molecular weight is 215 g/mol. The molecule has 79 valence electrons. The van der Waals surface area contributed by atoms with Crippen LogP contribution in [0.25, 0.3) is 0 Å². The van der Waals surface area contributed by atoms with Crippen molar-refractivity contribution < 1.29 is 22.5 Å². The summed E-state index contributed by atoms with van der Waals surface area (Å²) < 4.78 is 46.3. The predicted octanol–water partition coefficient (Wildman–Crippen LogP) is 2.78. The summed E-state index contributed by atoms with van der Waals surface area (Å²) in [6, 6.07) is 4.85. The Morgan fingerprint density at radius 3 is 2.53 bits per heavy atom. The minimum atomic E-state index is -4.45. The molecule has 0 aliphatic rings. The molecule has 0 N–H and O–H groups in total. The Morgan fingerprint density at radius 1 is 1.27 bits per heavy atom. The normalized spacial score (nSPS) is 10.6. The number of benzene rings is 1. The lowest BCUT2D eigenvalue weighted by atomic mass is 10.2. The van der Waals surface area contributed by atoms with E-state index in [-0.39, 0.29) is 5.75 Å². The van der Waals surface area contributed by atoms with Crippen LogP contribution in [0, 0.1) is 0 Å². The van der Waals surface area contributed by atoms with Gasteiger partial charge in [-0.1, -0.05) is 18.7 Å². The van der Waals surface area contributed by atoms with Crippen molar-refractivity contribution in [3.8, 4) is 5.75 Å². The third-order valence-electron chi connectivity index (χ3n) is 1.52. The van der Waals surface area contributed by atoms with Crippen molar-refractivity contribution in [1.29, 1.82) is 0 Å². The van der Waals surface area contributed by atoms with Gasteiger partial charge in [0.15, 0.2) is 0 Å². The van der Waals surface area contributed by atoms with Gasteiger partial charge in [-0.05, 0) is 12.1 Å². The summed E-state index contributed by atoms with van der Waals surface area (Å²) in [6.07, 6.45) is -3.41. The van der Waals surface area contributed by atoms with Crippen LogP contribution in [0.2, 0.25) is 0 Å². The topological polar surface area (TPSA) is 18.5 Å². The molecular formula is C9H7BF3O2. The quantitative estimate of drug-likeness (QED) is 0.436. The Labute approximate surface area is 85.6 Å². The molecule has 1 rings (SSSR count). The van der Waals surface area contributed by atoms with E-state index in [9.17, 15) is 13.2 Å². The summed E-state index contributed by atoms with van der Waals surface area (Å²) in [4.78, 5) is 0. The van der Waals surface area contributed by atoms with Gasteiger partial charge < -0.3 is 9.31 Å². The van der Waals surface area contributed by atoms with E-state index < -0.39 is 11.7 Å². The van der Waals surface area contributed by atoms with Gasteiger partial charge in [-0.25, -0.2) is 0 Å². The van der Waals surface area contributed by atoms with Crippen molar-refractivity contribution in [2.24, 2.45) is 0 Å². The van der Waals surface area contributed by atoms with Crippen LogP contribution in [-0.2, 0) is 10.8 Å². The molecule has 0 heterocycles. The molecule has 0 saturated carbocycles. The second-order valence-electron chi connectivity index (χ2n) is 2.51. The van der Waals surface area contributed by atoms with Crippen molar-refractivity contribution in [1.82, 2.24) is 0 Å². The van der Waals surface area contributed by atoms with Crippen molar-refractivity contribution in [2.45, 2.75) is 6.18 Å². The summed E-state index contributed by atoms with van der Waals surface area (Å²) in [6.45, 7) is 3.21. The fourth-order valence-corrected chi connectivity index (χ4v) is 0.922. The van der Waals surface area contributed by atoms with Gasteiger partial charge in [0.05, 0.1) is 11.8 Å². The first-order valence-corrected chi connectivity index (χ1v) is 3.96. The second-order valence-corrected chi connectivity index (χ2v) is 2.51. The third-order valence-corrected chi connectivity index (χ3v) is 1.52. The van der Waals surface area contributed by atoms with Crippen LogP contribution in [0.15, 0.2) is 37.1 Å². The molecule has 0 aliphatic heterocycles. The molecule has 15 heavy (non-hydrogen) atoms. The van der Waals surface area contributed by atoms with Crippen molar-refractivity contribution in [2.75, 3.05) is 0 Å². The maximum Gasteiger partial charge on any atom is 0.657 e. The lowest BCUT2D eigenvalue weighted by Crippen LogP contribution is -2.11. The highest BCUT2D eigenvalue weighted by atomic mass is 19.4. The van der Waals surface area contributed by atoms with E-state index in [1.165, 1.54) is 18.2 Å². The first kappa shape index (κ1) is 11.5. The zero-order chi connectivity index (χ0) is 11.3. The van der Waals surface area contributed by atoms with Crippen molar-refractivity contribution >= 4 is 7.69 Å². The van der Waals surface area contributed by atoms with Gasteiger partial charge in [0.25, 0.3) is 0 Å². The number of para-hydroxylation sites is 1. The summed E-state index contributed by atoms with van der Waals surface area (Å²) in [5.74, 6) is -0.313. The monoisotopic (exact) mass is 215 g/mol. The fraction of sp³-hybridized carbons (Fsp3) is 0.111. The molecular weight excluding hydrogens is 208 g/mol. The third kappa shape index (κ3) is 3.23. The Morgan fingerprint density at radius 2 is 1.93 bits per heavy atom. The lowest BCUT2D eigenvalue weighted by Gasteiger charge is -2.12. The second kappa shape index (κ2) is 4.77. The Hall–Kier alpha value is -1.59. The van der Waals surface area contributed by atoms with E-state index in [1.807, 2.05) is 0 Å². The molecule has 1 aromatic rings. The number of alkyl halides is 3. The van der Waals surface area contributed by atoms with Gasteiger partial charge >= 0.3 is 13.9 Å². The van der Waals surface area contributed by atoms with E-state index >= 15 is 0 Å². The van der Waals surface area contributed by atoms with Gasteiger partial charge in [-0.2, -0.15) is 13.2 Å². The predicted molar refractivity (Wildman–Crippen MR) is 49.1 cm³/mol. The largest absolute Gasteiger partial charge is 0.657 e. The highest BCUT2D eigenvalue weighted by molar-refractivity contribution is 6.19. The smallest absolute Gasteiger partial charge is 0.533 e. The molecule has 1 radical (unpaired) electrons. The summed E-state index contributed by atoms with van der Waals surface area (Å²) in [5.41, 5.74) is -0.853. The molecule has 0 aromatic heterocycles. The molecule has 0 bridgehead atoms. The Balaban J connectivity index is 2.82. The van der Waals surface area contributed by atoms with Gasteiger partial charge in [0.2, 0.25) is 0 Å². The molecule has 6 heteroatoms. The van der Waals surface area contributed by atoms with E-state index in [0.717, 1.165) is 20.0 Å². The maximum atomic E-state index is 12.4. The average Bonchev–Trinajstić information content (AvgIpc) is 2.17. The molecule has 0 aliphatic carbocycles. The van der Waals surface area contributed by atoms with Crippen LogP contribution < -0.4 is 4.65 Å². The Bertz CT molecular complexity index is 338. The molecule has 0 fully saturated rings. The van der Waals surface area contributed by atoms with Crippen LogP contribution in [-0.4, -0.2) is 7.69 Å². The van der Waals surface area contributed by atoms with Crippen LogP contribution in [0.1, 0.15) is 5.56 Å². The zero-order valence-corrected chi connectivity index (χ0v) is 7.62. The van der Waals surface area contributed by atoms with Crippen LogP contribution >= 0.6 is 0 Å². The van der Waals surface area contributed by atoms with Crippen molar-refractivity contribution in [3.05, 3.63) is 42.7 Å². The maximum absolute atomic E-state index is 12.4. The van der Waals surface area contributed by atoms with E-state index in [1.54, 1.807) is 0 Å². The number of hydrogen-bond acceptors (Lipinski definition) is 2. The van der Waals surface area contributed by atoms with E-state index in [4.69, 9.17) is 0 Å². The first-order chi connectivity index (χ1) is 7.05. The van der Waals surface area contributed by atoms with Crippen LogP contribution in [0.4, 0.5) is 13.2 Å². The molecule has 2 nitrogen and oxygen atoms in total. The molecule has 0 saturated heterocycles. The van der Waals surface area contributed by atoms with Crippen LogP contribution in [0.3, 0.4) is 0 Å². The fourth-order valence-electron chi connectivity index (χ4n) is 0.922.